The van der Waals surface area contributed by atoms with Crippen LogP contribution in [-0.2, 0) is 16.6 Å². The summed E-state index contributed by atoms with van der Waals surface area (Å²) in [6.07, 6.45) is 0.558. The van der Waals surface area contributed by atoms with Crippen molar-refractivity contribution in [1.82, 2.24) is 25.6 Å². The van der Waals surface area contributed by atoms with Gasteiger partial charge in [0, 0.05) is 21.6 Å². The molecule has 2 N–H and O–H groups in total. The molecule has 0 atom stereocenters. The maximum absolute atomic E-state index is 12.6. The molecule has 4 aromatic rings. The van der Waals surface area contributed by atoms with E-state index in [2.05, 4.69) is 58.2 Å². The molecular weight excluding hydrogens is 400 g/mol. The summed E-state index contributed by atoms with van der Waals surface area (Å²) in [7, 11) is 0. The third-order valence-electron chi connectivity index (χ3n) is 4.90. The summed E-state index contributed by atoms with van der Waals surface area (Å²) >= 11 is 1.59. The first kappa shape index (κ1) is 20.2. The Morgan fingerprint density at radius 1 is 1.20 bits per heavy atom. The highest BCUT2D eigenvalue weighted by molar-refractivity contribution is 7.13. The van der Waals surface area contributed by atoms with E-state index in [1.165, 1.54) is 0 Å². The Balaban J connectivity index is 1.55. The minimum Gasteiger partial charge on any atom is -0.454 e. The summed E-state index contributed by atoms with van der Waals surface area (Å²) in [5, 5.41) is 19.8. The lowest BCUT2D eigenvalue weighted by atomic mass is 9.84. The first-order chi connectivity index (χ1) is 14.1. The zero-order valence-electron chi connectivity index (χ0n) is 17.6. The van der Waals surface area contributed by atoms with E-state index in [9.17, 15) is 4.79 Å². The van der Waals surface area contributed by atoms with Gasteiger partial charge in [-0.05, 0) is 40.6 Å². The van der Waals surface area contributed by atoms with Crippen LogP contribution in [0.1, 0.15) is 45.9 Å². The predicted molar refractivity (Wildman–Crippen MR) is 116 cm³/mol. The molecule has 0 unspecified atom stereocenters. The average molecular weight is 425 g/mol. The molecule has 0 aliphatic rings. The standard InChI is InChI=1S/C21H24N6O2S/c1-20(2,3)16-11-30-17(22-16)15-9-13-8-12(6-7-14(13)29-15)10-21(4,5)18(28)23-19-24-26-27-25-19/h6-9,11H,10H2,1-5H3,(H2,23,24,25,26,27,28). The van der Waals surface area contributed by atoms with E-state index in [0.717, 1.165) is 33.0 Å². The number of amides is 1. The number of nitrogens with one attached hydrogen (secondary N) is 2. The number of nitrogens with zero attached hydrogens (tertiary/aromatic N) is 4. The zero-order chi connectivity index (χ0) is 21.5. The smallest absolute Gasteiger partial charge is 0.246 e. The van der Waals surface area contributed by atoms with Crippen molar-refractivity contribution in [3.05, 3.63) is 40.9 Å². The van der Waals surface area contributed by atoms with E-state index in [4.69, 9.17) is 9.40 Å². The number of thiazole rings is 1. The number of carbonyl (C=O) groups excluding carboxylic acids is 1. The number of aromatic nitrogens is 5. The quantitative estimate of drug-likeness (QED) is 0.485. The molecule has 3 heterocycles. The number of H-pyrrole nitrogens is 1. The van der Waals surface area contributed by atoms with E-state index >= 15 is 0 Å². The number of fused-ring (bicyclic) bond motifs is 1. The summed E-state index contributed by atoms with van der Waals surface area (Å²) in [6.45, 7) is 10.2. The molecule has 0 bridgehead atoms. The van der Waals surface area contributed by atoms with Gasteiger partial charge in [0.25, 0.3) is 0 Å². The molecule has 0 fully saturated rings. The van der Waals surface area contributed by atoms with Gasteiger partial charge >= 0.3 is 0 Å². The molecule has 0 aliphatic carbocycles. The first-order valence-electron chi connectivity index (χ1n) is 9.66. The lowest BCUT2D eigenvalue weighted by molar-refractivity contribution is -0.124. The minimum absolute atomic E-state index is 0.00185. The molecule has 4 rings (SSSR count). The Morgan fingerprint density at radius 2 is 2.00 bits per heavy atom. The molecular formula is C21H24N6O2S. The van der Waals surface area contributed by atoms with Gasteiger partial charge in [0.1, 0.15) is 5.58 Å². The van der Waals surface area contributed by atoms with Crippen LogP contribution >= 0.6 is 11.3 Å². The molecule has 0 saturated heterocycles. The fourth-order valence-corrected chi connectivity index (χ4v) is 4.12. The van der Waals surface area contributed by atoms with Gasteiger partial charge in [0.05, 0.1) is 5.69 Å². The van der Waals surface area contributed by atoms with Gasteiger partial charge in [-0.2, -0.15) is 0 Å². The number of aromatic amines is 1. The van der Waals surface area contributed by atoms with Gasteiger partial charge in [0.2, 0.25) is 11.9 Å². The monoisotopic (exact) mass is 424 g/mol. The van der Waals surface area contributed by atoms with Crippen LogP contribution in [0.25, 0.3) is 21.7 Å². The number of rotatable bonds is 5. The highest BCUT2D eigenvalue weighted by atomic mass is 32.1. The van der Waals surface area contributed by atoms with Crippen LogP contribution < -0.4 is 5.32 Å². The third-order valence-corrected chi connectivity index (χ3v) is 5.76. The molecule has 156 valence electrons. The van der Waals surface area contributed by atoms with Crippen LogP contribution in [0.5, 0.6) is 0 Å². The van der Waals surface area contributed by atoms with E-state index in [0.29, 0.717) is 6.42 Å². The van der Waals surface area contributed by atoms with E-state index in [-0.39, 0.29) is 17.3 Å². The maximum atomic E-state index is 12.6. The number of benzene rings is 1. The zero-order valence-corrected chi connectivity index (χ0v) is 18.4. The lowest BCUT2D eigenvalue weighted by Crippen LogP contribution is -2.33. The second-order valence-corrected chi connectivity index (χ2v) is 9.89. The SMILES string of the molecule is CC(C)(Cc1ccc2oc(-c3nc(C(C)(C)C)cs3)cc2c1)C(=O)Nc1nnn[nH]1. The Bertz CT molecular complexity index is 1180. The van der Waals surface area contributed by atoms with Gasteiger partial charge in [-0.15, -0.1) is 11.3 Å². The van der Waals surface area contributed by atoms with Gasteiger partial charge in [-0.3, -0.25) is 10.1 Å². The lowest BCUT2D eigenvalue weighted by Gasteiger charge is -2.22. The number of tetrazole rings is 1. The van der Waals surface area contributed by atoms with E-state index < -0.39 is 5.41 Å². The number of hydrogen-bond donors (Lipinski definition) is 2. The number of hydrogen-bond acceptors (Lipinski definition) is 7. The fraction of sp³-hybridized carbons (Fsp3) is 0.381. The van der Waals surface area contributed by atoms with Gasteiger partial charge in [-0.1, -0.05) is 45.8 Å². The fourth-order valence-electron chi connectivity index (χ4n) is 3.12. The summed E-state index contributed by atoms with van der Waals surface area (Å²) in [5.41, 5.74) is 2.25. The highest BCUT2D eigenvalue weighted by Crippen LogP contribution is 2.34. The third kappa shape index (κ3) is 4.11. The summed E-state index contributed by atoms with van der Waals surface area (Å²) in [5.74, 6) is 0.838. The van der Waals surface area contributed by atoms with Crippen LogP contribution in [0.4, 0.5) is 5.95 Å². The Kier molecular flexibility index (Phi) is 4.93. The van der Waals surface area contributed by atoms with Crippen molar-refractivity contribution in [2.75, 3.05) is 5.32 Å². The van der Waals surface area contributed by atoms with Gasteiger partial charge < -0.3 is 4.42 Å². The van der Waals surface area contributed by atoms with Crippen molar-refractivity contribution in [2.45, 2.75) is 46.5 Å². The second kappa shape index (κ2) is 7.32. The molecule has 3 aromatic heterocycles. The normalized spacial score (nSPS) is 12.4. The molecule has 0 spiro atoms. The van der Waals surface area contributed by atoms with Crippen molar-refractivity contribution < 1.29 is 9.21 Å². The number of furan rings is 1. The highest BCUT2D eigenvalue weighted by Gasteiger charge is 2.29. The Hall–Kier alpha value is -3.07. The van der Waals surface area contributed by atoms with E-state index in [1.54, 1.807) is 11.3 Å². The number of carbonyl (C=O) groups is 1. The van der Waals surface area contributed by atoms with Crippen LogP contribution in [0.3, 0.4) is 0 Å². The Morgan fingerprint density at radius 3 is 2.67 bits per heavy atom. The summed E-state index contributed by atoms with van der Waals surface area (Å²) in [6, 6.07) is 8.01. The molecule has 0 aliphatic heterocycles. The van der Waals surface area contributed by atoms with Crippen molar-refractivity contribution in [3.63, 3.8) is 0 Å². The first-order valence-corrected chi connectivity index (χ1v) is 10.5. The molecule has 30 heavy (non-hydrogen) atoms. The van der Waals surface area contributed by atoms with Gasteiger partial charge in [-0.25, -0.2) is 10.1 Å². The minimum atomic E-state index is -0.649. The summed E-state index contributed by atoms with van der Waals surface area (Å²) < 4.78 is 6.03. The van der Waals surface area contributed by atoms with E-state index in [1.807, 2.05) is 32.0 Å². The van der Waals surface area contributed by atoms with Crippen molar-refractivity contribution in [2.24, 2.45) is 5.41 Å². The van der Waals surface area contributed by atoms with Crippen LogP contribution in [0.15, 0.2) is 34.1 Å². The Labute approximate surface area is 178 Å². The van der Waals surface area contributed by atoms with Crippen LogP contribution in [0, 0.1) is 5.41 Å². The average Bonchev–Trinajstić information content (AvgIpc) is 3.40. The predicted octanol–water partition coefficient (Wildman–Crippen LogP) is 4.57. The molecule has 0 saturated carbocycles. The second-order valence-electron chi connectivity index (χ2n) is 9.04. The van der Waals surface area contributed by atoms with Crippen molar-refractivity contribution >= 4 is 34.2 Å². The van der Waals surface area contributed by atoms with Crippen LogP contribution in [-0.4, -0.2) is 31.5 Å². The van der Waals surface area contributed by atoms with Crippen molar-refractivity contribution in [3.8, 4) is 10.8 Å². The molecule has 9 heteroatoms. The molecule has 1 amide bonds. The van der Waals surface area contributed by atoms with Crippen molar-refractivity contribution in [1.29, 1.82) is 0 Å². The molecule has 1 aromatic carbocycles. The van der Waals surface area contributed by atoms with Crippen LogP contribution in [0.2, 0.25) is 0 Å². The maximum Gasteiger partial charge on any atom is 0.246 e. The topological polar surface area (TPSA) is 110 Å². The molecule has 8 nitrogen and oxygen atoms in total. The number of anilines is 1. The molecule has 0 radical (unpaired) electrons. The van der Waals surface area contributed by atoms with Gasteiger partial charge in [0.15, 0.2) is 10.8 Å². The largest absolute Gasteiger partial charge is 0.454 e. The summed E-state index contributed by atoms with van der Waals surface area (Å²) in [4.78, 5) is 17.4.